The number of ketones is 1. The highest BCUT2D eigenvalue weighted by Crippen LogP contribution is 2.28. The van der Waals surface area contributed by atoms with Gasteiger partial charge >= 0.3 is 0 Å². The smallest absolute Gasteiger partial charge is 0.194 e. The van der Waals surface area contributed by atoms with Gasteiger partial charge in [-0.2, -0.15) is 0 Å². The van der Waals surface area contributed by atoms with Crippen LogP contribution in [0.1, 0.15) is 27.0 Å². The van der Waals surface area contributed by atoms with Crippen molar-refractivity contribution in [2.24, 2.45) is 0 Å². The third kappa shape index (κ3) is 2.96. The summed E-state index contributed by atoms with van der Waals surface area (Å²) < 4.78 is 6.99. The van der Waals surface area contributed by atoms with E-state index in [1.165, 1.54) is 0 Å². The highest BCUT2D eigenvalue weighted by molar-refractivity contribution is 9.11. The van der Waals surface area contributed by atoms with E-state index in [0.717, 1.165) is 25.8 Å². The highest BCUT2D eigenvalue weighted by atomic mass is 79.9. The zero-order chi connectivity index (χ0) is 14.9. The van der Waals surface area contributed by atoms with Crippen LogP contribution in [0, 0.1) is 13.8 Å². The van der Waals surface area contributed by atoms with Gasteiger partial charge in [-0.05, 0) is 71.2 Å². The number of methoxy groups -OCH3 is 1. The lowest BCUT2D eigenvalue weighted by Crippen LogP contribution is -2.06. The van der Waals surface area contributed by atoms with E-state index in [-0.39, 0.29) is 5.78 Å². The second kappa shape index (κ2) is 6.10. The first-order chi connectivity index (χ1) is 9.43. The van der Waals surface area contributed by atoms with Gasteiger partial charge in [0.05, 0.1) is 7.11 Å². The van der Waals surface area contributed by atoms with Crippen molar-refractivity contribution in [1.29, 1.82) is 0 Å². The summed E-state index contributed by atoms with van der Waals surface area (Å²) >= 11 is 6.83. The van der Waals surface area contributed by atoms with Crippen molar-refractivity contribution in [2.75, 3.05) is 7.11 Å². The first kappa shape index (κ1) is 15.3. The van der Waals surface area contributed by atoms with Crippen LogP contribution >= 0.6 is 31.9 Å². The van der Waals surface area contributed by atoms with Crippen LogP contribution in [0.25, 0.3) is 0 Å². The lowest BCUT2D eigenvalue weighted by Gasteiger charge is -2.11. The largest absolute Gasteiger partial charge is 0.496 e. The zero-order valence-electron chi connectivity index (χ0n) is 11.5. The van der Waals surface area contributed by atoms with Crippen molar-refractivity contribution in [2.45, 2.75) is 13.8 Å². The normalized spacial score (nSPS) is 10.4. The predicted octanol–water partition coefficient (Wildman–Crippen LogP) is 5.07. The number of ether oxygens (including phenoxy) is 1. The van der Waals surface area contributed by atoms with E-state index in [1.54, 1.807) is 7.11 Å². The number of rotatable bonds is 3. The molecular formula is C16H14Br2O2. The molecule has 0 N–H and O–H groups in total. The van der Waals surface area contributed by atoms with Crippen LogP contribution in [0.2, 0.25) is 0 Å². The minimum atomic E-state index is 0.00706. The summed E-state index contributed by atoms with van der Waals surface area (Å²) in [6.07, 6.45) is 0. The molecule has 0 atom stereocenters. The Morgan fingerprint density at radius 3 is 2.30 bits per heavy atom. The van der Waals surface area contributed by atoms with Crippen molar-refractivity contribution in [3.63, 3.8) is 0 Å². The first-order valence-electron chi connectivity index (χ1n) is 6.09. The molecule has 2 aromatic carbocycles. The number of aryl methyl sites for hydroxylation is 2. The van der Waals surface area contributed by atoms with Gasteiger partial charge in [0.15, 0.2) is 5.78 Å². The second-order valence-corrected chi connectivity index (χ2v) is 6.36. The molecule has 0 aliphatic heterocycles. The van der Waals surface area contributed by atoms with E-state index in [4.69, 9.17) is 4.74 Å². The highest BCUT2D eigenvalue weighted by Gasteiger charge is 2.16. The van der Waals surface area contributed by atoms with Gasteiger partial charge in [-0.25, -0.2) is 0 Å². The molecular weight excluding hydrogens is 384 g/mol. The van der Waals surface area contributed by atoms with Crippen LogP contribution in [0.5, 0.6) is 5.75 Å². The van der Waals surface area contributed by atoms with Gasteiger partial charge in [-0.15, -0.1) is 0 Å². The summed E-state index contributed by atoms with van der Waals surface area (Å²) in [5, 5.41) is 0. The van der Waals surface area contributed by atoms with Crippen LogP contribution in [0.4, 0.5) is 0 Å². The third-order valence-corrected chi connectivity index (χ3v) is 4.31. The van der Waals surface area contributed by atoms with Crippen LogP contribution in [-0.2, 0) is 0 Å². The van der Waals surface area contributed by atoms with Crippen LogP contribution in [0.3, 0.4) is 0 Å². The van der Waals surface area contributed by atoms with Crippen molar-refractivity contribution in [3.8, 4) is 5.75 Å². The molecule has 0 aromatic heterocycles. The molecule has 0 saturated heterocycles. The minimum absolute atomic E-state index is 0.00706. The van der Waals surface area contributed by atoms with Gasteiger partial charge in [0.2, 0.25) is 0 Å². The van der Waals surface area contributed by atoms with E-state index in [2.05, 4.69) is 31.9 Å². The molecule has 0 amide bonds. The van der Waals surface area contributed by atoms with E-state index in [9.17, 15) is 4.79 Å². The van der Waals surface area contributed by atoms with Gasteiger partial charge in [-0.3, -0.25) is 4.79 Å². The Labute approximate surface area is 135 Å². The molecule has 2 nitrogen and oxygen atoms in total. The molecule has 0 bridgehead atoms. The SMILES string of the molecule is COc1cc(C)c(C(=O)c2ccc(Br)cc2Br)cc1C. The first-order valence-corrected chi connectivity index (χ1v) is 7.67. The fourth-order valence-corrected chi connectivity index (χ4v) is 3.30. The van der Waals surface area contributed by atoms with E-state index in [0.29, 0.717) is 11.1 Å². The van der Waals surface area contributed by atoms with Crippen LogP contribution in [0.15, 0.2) is 39.3 Å². The molecule has 104 valence electrons. The Balaban J connectivity index is 2.51. The Kier molecular flexibility index (Phi) is 4.66. The molecule has 2 rings (SSSR count). The monoisotopic (exact) mass is 396 g/mol. The number of hydrogen-bond acceptors (Lipinski definition) is 2. The van der Waals surface area contributed by atoms with E-state index >= 15 is 0 Å². The lowest BCUT2D eigenvalue weighted by atomic mass is 9.97. The summed E-state index contributed by atoms with van der Waals surface area (Å²) in [5.41, 5.74) is 3.22. The van der Waals surface area contributed by atoms with Gasteiger partial charge in [0, 0.05) is 20.1 Å². The fourth-order valence-electron chi connectivity index (χ4n) is 2.07. The maximum atomic E-state index is 12.7. The quantitative estimate of drug-likeness (QED) is 0.676. The summed E-state index contributed by atoms with van der Waals surface area (Å²) in [6.45, 7) is 3.85. The lowest BCUT2D eigenvalue weighted by molar-refractivity contribution is 0.103. The number of benzene rings is 2. The number of halogens is 2. The van der Waals surface area contributed by atoms with E-state index in [1.807, 2.05) is 44.2 Å². The third-order valence-electron chi connectivity index (χ3n) is 3.16. The molecule has 0 unspecified atom stereocenters. The van der Waals surface area contributed by atoms with Crippen molar-refractivity contribution in [3.05, 3.63) is 61.5 Å². The maximum absolute atomic E-state index is 12.7. The van der Waals surface area contributed by atoms with Crippen LogP contribution in [-0.4, -0.2) is 12.9 Å². The molecule has 2 aromatic rings. The maximum Gasteiger partial charge on any atom is 0.194 e. The standard InChI is InChI=1S/C16H14Br2O2/c1-9-7-15(20-3)10(2)6-13(9)16(19)12-5-4-11(17)8-14(12)18/h4-8H,1-3H3. The van der Waals surface area contributed by atoms with Gasteiger partial charge in [-0.1, -0.05) is 15.9 Å². The molecule has 0 aliphatic rings. The van der Waals surface area contributed by atoms with Crippen molar-refractivity contribution >= 4 is 37.6 Å². The van der Waals surface area contributed by atoms with Gasteiger partial charge in [0.1, 0.15) is 5.75 Å². The predicted molar refractivity (Wildman–Crippen MR) is 87.7 cm³/mol. The Bertz CT molecular complexity index is 678. The molecule has 20 heavy (non-hydrogen) atoms. The number of carbonyl (C=O) groups excluding carboxylic acids is 1. The molecule has 4 heteroatoms. The summed E-state index contributed by atoms with van der Waals surface area (Å²) in [5.74, 6) is 0.807. The Hall–Kier alpha value is -1.13. The number of carbonyl (C=O) groups is 1. The minimum Gasteiger partial charge on any atom is -0.496 e. The van der Waals surface area contributed by atoms with Crippen LogP contribution < -0.4 is 4.74 Å². The van der Waals surface area contributed by atoms with Gasteiger partial charge in [0.25, 0.3) is 0 Å². The molecule has 0 fully saturated rings. The molecule has 0 heterocycles. The second-order valence-electron chi connectivity index (χ2n) is 4.59. The van der Waals surface area contributed by atoms with Crippen molar-refractivity contribution in [1.82, 2.24) is 0 Å². The topological polar surface area (TPSA) is 26.3 Å². The zero-order valence-corrected chi connectivity index (χ0v) is 14.6. The molecule has 0 radical (unpaired) electrons. The molecule has 0 saturated carbocycles. The average Bonchev–Trinajstić information content (AvgIpc) is 2.40. The summed E-state index contributed by atoms with van der Waals surface area (Å²) in [7, 11) is 1.63. The fraction of sp³-hybridized carbons (Fsp3) is 0.188. The van der Waals surface area contributed by atoms with E-state index < -0.39 is 0 Å². The Morgan fingerprint density at radius 2 is 1.70 bits per heavy atom. The number of hydrogen-bond donors (Lipinski definition) is 0. The molecule has 0 spiro atoms. The summed E-state index contributed by atoms with van der Waals surface area (Å²) in [6, 6.07) is 9.33. The molecule has 0 aliphatic carbocycles. The average molecular weight is 398 g/mol. The van der Waals surface area contributed by atoms with Crippen molar-refractivity contribution < 1.29 is 9.53 Å². The Morgan fingerprint density at radius 1 is 1.00 bits per heavy atom. The summed E-state index contributed by atoms with van der Waals surface area (Å²) in [4.78, 5) is 12.7. The van der Waals surface area contributed by atoms with Gasteiger partial charge < -0.3 is 4.74 Å².